The second kappa shape index (κ2) is 9.05. The first-order chi connectivity index (χ1) is 12.1. The smallest absolute Gasteiger partial charge is 0.324 e. The quantitative estimate of drug-likeness (QED) is 0.356. The number of rotatable bonds is 8. The highest BCUT2D eigenvalue weighted by atomic mass is 16.5. The van der Waals surface area contributed by atoms with E-state index in [1.54, 1.807) is 0 Å². The van der Waals surface area contributed by atoms with Gasteiger partial charge in [0.25, 0.3) is 0 Å². The Balaban J connectivity index is 1.95. The standard InChI is InChI=1S/C16H26N6O3/c1-4-12-11(13(5-2)25-21-12)9-19-15(17-6-3)18-7-8-22-14(23)10-20-16(22)24/h4-10H2,1-3H3,(H,20,24)(H2,17,18,19). The average Bonchev–Trinajstić information content (AvgIpc) is 3.16. The van der Waals surface area contributed by atoms with Crippen LogP contribution in [0, 0.1) is 0 Å². The van der Waals surface area contributed by atoms with Gasteiger partial charge in [-0.3, -0.25) is 9.69 Å². The lowest BCUT2D eigenvalue weighted by molar-refractivity contribution is -0.124. The number of hydrogen-bond donors (Lipinski definition) is 3. The van der Waals surface area contributed by atoms with Gasteiger partial charge in [-0.2, -0.15) is 0 Å². The largest absolute Gasteiger partial charge is 0.361 e. The van der Waals surface area contributed by atoms with E-state index in [0.29, 0.717) is 32.1 Å². The molecule has 0 atom stereocenters. The molecule has 0 aliphatic carbocycles. The van der Waals surface area contributed by atoms with Crippen LogP contribution in [0.3, 0.4) is 0 Å². The van der Waals surface area contributed by atoms with E-state index in [-0.39, 0.29) is 18.5 Å². The van der Waals surface area contributed by atoms with Gasteiger partial charge in [-0.05, 0) is 13.3 Å². The maximum absolute atomic E-state index is 11.6. The molecular formula is C16H26N6O3. The summed E-state index contributed by atoms with van der Waals surface area (Å²) >= 11 is 0. The maximum atomic E-state index is 11.6. The van der Waals surface area contributed by atoms with Gasteiger partial charge < -0.3 is 20.5 Å². The predicted octanol–water partition coefficient (Wildman–Crippen LogP) is 0.406. The third kappa shape index (κ3) is 4.71. The third-order valence-electron chi connectivity index (χ3n) is 3.91. The van der Waals surface area contributed by atoms with Crippen molar-refractivity contribution in [3.05, 3.63) is 17.0 Å². The molecule has 0 saturated carbocycles. The van der Waals surface area contributed by atoms with Crippen LogP contribution in [0.1, 0.15) is 37.8 Å². The number of amides is 3. The van der Waals surface area contributed by atoms with E-state index in [9.17, 15) is 9.59 Å². The van der Waals surface area contributed by atoms with E-state index >= 15 is 0 Å². The Morgan fingerprint density at radius 3 is 2.68 bits per heavy atom. The molecule has 2 rings (SSSR count). The molecule has 0 aromatic carbocycles. The minimum Gasteiger partial charge on any atom is -0.361 e. The van der Waals surface area contributed by atoms with Crippen molar-refractivity contribution in [2.24, 2.45) is 4.99 Å². The molecule has 25 heavy (non-hydrogen) atoms. The first-order valence-corrected chi connectivity index (χ1v) is 8.67. The van der Waals surface area contributed by atoms with Gasteiger partial charge in [0.1, 0.15) is 5.76 Å². The van der Waals surface area contributed by atoms with Gasteiger partial charge in [0.15, 0.2) is 5.96 Å². The highest BCUT2D eigenvalue weighted by Gasteiger charge is 2.27. The zero-order valence-corrected chi connectivity index (χ0v) is 15.0. The van der Waals surface area contributed by atoms with Crippen molar-refractivity contribution in [2.45, 2.75) is 40.2 Å². The Hall–Kier alpha value is -2.58. The van der Waals surface area contributed by atoms with E-state index in [1.807, 2.05) is 20.8 Å². The first-order valence-electron chi connectivity index (χ1n) is 8.67. The number of nitrogens with one attached hydrogen (secondary N) is 3. The minimum atomic E-state index is -0.349. The van der Waals surface area contributed by atoms with Crippen LogP contribution in [0.5, 0.6) is 0 Å². The molecule has 0 radical (unpaired) electrons. The maximum Gasteiger partial charge on any atom is 0.324 e. The lowest BCUT2D eigenvalue weighted by Gasteiger charge is -2.15. The molecule has 1 saturated heterocycles. The zero-order valence-electron chi connectivity index (χ0n) is 15.0. The number of guanidine groups is 1. The molecule has 0 spiro atoms. The van der Waals surface area contributed by atoms with Crippen LogP contribution in [0.4, 0.5) is 4.79 Å². The topological polar surface area (TPSA) is 112 Å². The fourth-order valence-electron chi connectivity index (χ4n) is 2.58. The molecule has 9 nitrogen and oxygen atoms in total. The molecule has 2 heterocycles. The number of urea groups is 1. The number of aromatic nitrogens is 1. The molecule has 1 aromatic rings. The van der Waals surface area contributed by atoms with Gasteiger partial charge in [0.2, 0.25) is 5.91 Å². The van der Waals surface area contributed by atoms with Crippen LogP contribution in [-0.4, -0.2) is 54.1 Å². The van der Waals surface area contributed by atoms with Crippen LogP contribution < -0.4 is 16.0 Å². The van der Waals surface area contributed by atoms with E-state index in [0.717, 1.165) is 29.9 Å². The summed E-state index contributed by atoms with van der Waals surface area (Å²) in [5, 5.41) is 12.9. The molecule has 1 aliphatic rings. The number of aryl methyl sites for hydroxylation is 2. The Labute approximate surface area is 147 Å². The van der Waals surface area contributed by atoms with E-state index < -0.39 is 0 Å². The Morgan fingerprint density at radius 2 is 2.08 bits per heavy atom. The molecular weight excluding hydrogens is 324 g/mol. The van der Waals surface area contributed by atoms with E-state index in [1.165, 1.54) is 4.90 Å². The van der Waals surface area contributed by atoms with Gasteiger partial charge in [0, 0.05) is 31.6 Å². The highest BCUT2D eigenvalue weighted by molar-refractivity contribution is 6.01. The Morgan fingerprint density at radius 1 is 1.28 bits per heavy atom. The van der Waals surface area contributed by atoms with E-state index in [2.05, 4.69) is 26.1 Å². The van der Waals surface area contributed by atoms with Crippen molar-refractivity contribution >= 4 is 17.9 Å². The minimum absolute atomic E-state index is 0.0695. The molecule has 3 amide bonds. The summed E-state index contributed by atoms with van der Waals surface area (Å²) in [6.45, 7) is 8.00. The molecule has 1 fully saturated rings. The van der Waals surface area contributed by atoms with Crippen molar-refractivity contribution in [3.63, 3.8) is 0 Å². The van der Waals surface area contributed by atoms with Gasteiger partial charge in [0.05, 0.1) is 18.8 Å². The fraction of sp³-hybridized carbons (Fsp3) is 0.625. The number of carbonyl (C=O) groups is 2. The summed E-state index contributed by atoms with van der Waals surface area (Å²) in [5.74, 6) is 1.27. The van der Waals surface area contributed by atoms with Crippen molar-refractivity contribution in [1.29, 1.82) is 0 Å². The summed E-state index contributed by atoms with van der Waals surface area (Å²) in [7, 11) is 0. The molecule has 138 valence electrons. The molecule has 1 aromatic heterocycles. The number of carbonyl (C=O) groups excluding carboxylic acids is 2. The molecule has 0 unspecified atom stereocenters. The van der Waals surface area contributed by atoms with Crippen LogP contribution in [-0.2, 0) is 24.2 Å². The number of hydrogen-bond acceptors (Lipinski definition) is 5. The Kier molecular flexibility index (Phi) is 6.79. The van der Waals surface area contributed by atoms with Crippen LogP contribution in [0.15, 0.2) is 9.52 Å². The summed E-state index contributed by atoms with van der Waals surface area (Å²) in [4.78, 5) is 28.8. The Bertz CT molecular complexity index is 602. The van der Waals surface area contributed by atoms with Gasteiger partial charge in [-0.15, -0.1) is 0 Å². The summed E-state index contributed by atoms with van der Waals surface area (Å²) in [6.07, 6.45) is 1.57. The van der Waals surface area contributed by atoms with Crippen molar-refractivity contribution in [2.75, 3.05) is 26.2 Å². The molecule has 0 bridgehead atoms. The van der Waals surface area contributed by atoms with Gasteiger partial charge >= 0.3 is 6.03 Å². The van der Waals surface area contributed by atoms with Crippen molar-refractivity contribution in [3.8, 4) is 0 Å². The van der Waals surface area contributed by atoms with Crippen LogP contribution >= 0.6 is 0 Å². The second-order valence-corrected chi connectivity index (χ2v) is 5.56. The number of imide groups is 1. The van der Waals surface area contributed by atoms with Gasteiger partial charge in [-0.25, -0.2) is 9.79 Å². The first kappa shape index (κ1) is 18.8. The van der Waals surface area contributed by atoms with Crippen molar-refractivity contribution in [1.82, 2.24) is 26.0 Å². The fourth-order valence-corrected chi connectivity index (χ4v) is 2.58. The third-order valence-corrected chi connectivity index (χ3v) is 3.91. The number of aliphatic imine (C=N–C) groups is 1. The molecule has 1 aliphatic heterocycles. The highest BCUT2D eigenvalue weighted by Crippen LogP contribution is 2.16. The zero-order chi connectivity index (χ0) is 18.2. The summed E-state index contributed by atoms with van der Waals surface area (Å²) < 4.78 is 5.35. The lowest BCUT2D eigenvalue weighted by Crippen LogP contribution is -2.43. The number of nitrogens with zero attached hydrogens (tertiary/aromatic N) is 3. The van der Waals surface area contributed by atoms with Crippen LogP contribution in [0.2, 0.25) is 0 Å². The second-order valence-electron chi connectivity index (χ2n) is 5.56. The normalized spacial score (nSPS) is 14.8. The molecule has 9 heteroatoms. The van der Waals surface area contributed by atoms with E-state index in [4.69, 9.17) is 4.52 Å². The predicted molar refractivity (Wildman–Crippen MR) is 93.2 cm³/mol. The van der Waals surface area contributed by atoms with Crippen molar-refractivity contribution < 1.29 is 14.1 Å². The lowest BCUT2D eigenvalue weighted by atomic mass is 10.1. The SMILES string of the molecule is CCNC(=NCc1c(CC)noc1CC)NCCN1C(=O)CNC1=O. The summed E-state index contributed by atoms with van der Waals surface area (Å²) in [5.41, 5.74) is 1.95. The molecule has 3 N–H and O–H groups in total. The monoisotopic (exact) mass is 350 g/mol. The van der Waals surface area contributed by atoms with Gasteiger partial charge in [-0.1, -0.05) is 19.0 Å². The summed E-state index contributed by atoms with van der Waals surface area (Å²) in [6, 6.07) is -0.349. The van der Waals surface area contributed by atoms with Crippen LogP contribution in [0.25, 0.3) is 0 Å². The average molecular weight is 350 g/mol.